The zero-order valence-corrected chi connectivity index (χ0v) is 84.3. The molecule has 39 heteroatoms. The third-order valence-electron chi connectivity index (χ3n) is 22.1. The predicted octanol–water partition coefficient (Wildman–Crippen LogP) is 19.4. The van der Waals surface area contributed by atoms with E-state index in [1.807, 2.05) is 181 Å². The summed E-state index contributed by atoms with van der Waals surface area (Å²) in [7, 11) is 5.77. The van der Waals surface area contributed by atoms with Crippen molar-refractivity contribution >= 4 is 134 Å². The first-order valence-electron chi connectivity index (χ1n) is 46.2. The lowest BCUT2D eigenvalue weighted by Crippen LogP contribution is -2.31. The van der Waals surface area contributed by atoms with Crippen LogP contribution in [0.2, 0.25) is 0 Å². The number of furan rings is 1. The first-order chi connectivity index (χ1) is 70.4. The van der Waals surface area contributed by atoms with E-state index in [1.165, 1.54) is 134 Å². The molecule has 766 valence electrons. The smallest absolute Gasteiger partial charge is 0.328 e. The fraction of sp³-hybridized carbons (Fsp3) is 0.211. The highest BCUT2D eigenvalue weighted by Gasteiger charge is 2.26. The number of carboxylic acid groups (broad SMARTS) is 4. The number of primary amides is 1. The largest absolute Gasteiger partial charge is 0.478 e. The minimum atomic E-state index is -3.63. The van der Waals surface area contributed by atoms with Crippen LogP contribution in [0.3, 0.4) is 0 Å². The second-order valence-corrected chi connectivity index (χ2v) is 36.0. The first kappa shape index (κ1) is 112. The molecular formula is C109H111F5N20O13S. The van der Waals surface area contributed by atoms with Gasteiger partial charge in [-0.15, -0.1) is 0 Å². The van der Waals surface area contributed by atoms with E-state index in [1.54, 1.807) is 73.1 Å². The molecule has 1 aliphatic heterocycles. The third kappa shape index (κ3) is 33.7. The molecule has 8 heterocycles. The molecule has 0 unspecified atom stereocenters. The number of carboxylic acids is 4. The van der Waals surface area contributed by atoms with E-state index in [0.29, 0.717) is 120 Å². The molecular weight excluding hydrogens is 1920 g/mol. The van der Waals surface area contributed by atoms with Gasteiger partial charge in [-0.05, 0) is 257 Å². The monoisotopic (exact) mass is 2030 g/mol. The van der Waals surface area contributed by atoms with Gasteiger partial charge in [0.2, 0.25) is 15.9 Å². The summed E-state index contributed by atoms with van der Waals surface area (Å²) in [5.74, 6) is -2.75. The predicted molar refractivity (Wildman–Crippen MR) is 566 cm³/mol. The Kier molecular flexibility index (Phi) is 40.6. The summed E-state index contributed by atoms with van der Waals surface area (Å²) < 4.78 is 95.8. The topological polar surface area (TPSA) is 443 Å². The molecule has 0 spiro atoms. The zero-order chi connectivity index (χ0) is 108. The Balaban J connectivity index is 0.000000182. The van der Waals surface area contributed by atoms with Gasteiger partial charge in [-0.25, -0.2) is 89.2 Å². The number of benzene rings is 7. The van der Waals surface area contributed by atoms with Crippen LogP contribution in [-0.2, 0) is 38.8 Å². The van der Waals surface area contributed by atoms with Gasteiger partial charge in [-0.3, -0.25) is 34.5 Å². The maximum absolute atomic E-state index is 13.3. The quantitative estimate of drug-likeness (QED) is 0.0180. The lowest BCUT2D eigenvalue weighted by Gasteiger charge is -2.29. The van der Waals surface area contributed by atoms with Crippen molar-refractivity contribution in [1.29, 1.82) is 0 Å². The molecule has 15 rings (SSSR count). The van der Waals surface area contributed by atoms with Crippen molar-refractivity contribution in [3.8, 4) is 67.7 Å². The Bertz CT molecular complexity index is 7100. The summed E-state index contributed by atoms with van der Waals surface area (Å²) in [4.78, 5) is 131. The number of piperidine rings is 1. The number of carbonyl (C=O) groups excluding carboxylic acids is 2. The summed E-state index contributed by atoms with van der Waals surface area (Å²) in [6, 6.07) is 50.1. The highest BCUT2D eigenvalue weighted by molar-refractivity contribution is 7.89. The Labute approximate surface area is 852 Å². The average molecular weight is 2040 g/mol. The van der Waals surface area contributed by atoms with Crippen LogP contribution in [-0.4, -0.2) is 203 Å². The van der Waals surface area contributed by atoms with Crippen LogP contribution in [0.15, 0.2) is 260 Å². The number of nitrogens with two attached hydrogens (primary N) is 1. The fourth-order valence-corrected chi connectivity index (χ4v) is 14.1. The molecule has 0 saturated carbocycles. The number of hydrogen-bond donors (Lipinski definition) is 6. The molecule has 0 bridgehead atoms. The van der Waals surface area contributed by atoms with Crippen molar-refractivity contribution in [1.82, 2.24) is 64.5 Å². The molecule has 7 aromatic carbocycles. The van der Waals surface area contributed by atoms with Gasteiger partial charge in [-0.1, -0.05) is 36.4 Å². The van der Waals surface area contributed by atoms with Crippen LogP contribution in [0, 0.1) is 29.1 Å². The van der Waals surface area contributed by atoms with Gasteiger partial charge < -0.3 is 60.0 Å². The van der Waals surface area contributed by atoms with Crippen molar-refractivity contribution in [3.05, 3.63) is 319 Å². The van der Waals surface area contributed by atoms with E-state index >= 15 is 0 Å². The van der Waals surface area contributed by atoms with E-state index in [9.17, 15) is 59.1 Å². The fourth-order valence-electron chi connectivity index (χ4n) is 13.6. The molecule has 1 fully saturated rings. The van der Waals surface area contributed by atoms with Crippen LogP contribution in [0.5, 0.6) is 0 Å². The maximum Gasteiger partial charge on any atom is 0.328 e. The van der Waals surface area contributed by atoms with Crippen molar-refractivity contribution in [3.63, 3.8) is 0 Å². The molecule has 2 amide bonds. The molecule has 14 aromatic rings. The van der Waals surface area contributed by atoms with Crippen LogP contribution in [0.4, 0.5) is 62.5 Å². The zero-order valence-electron chi connectivity index (χ0n) is 83.4. The number of sulfonamides is 1. The van der Waals surface area contributed by atoms with Gasteiger partial charge in [-0.2, -0.15) is 0 Å². The Morgan fingerprint density at radius 1 is 0.372 bits per heavy atom. The van der Waals surface area contributed by atoms with E-state index < -0.39 is 45.7 Å². The SMILES string of the molecule is CC(C)N(C)c1nc(/C=C/C(=O)NS(C)(=O)=O)cnc1-c1ccc(F)cc1.CC(C)N(C)c1nc(/C=C/C(=O)O)cnc1-c1cc2ccccc2o1.CC(C)N(C)c1nc(/C=C/C(=O)O)cnc1-c1ccc(F)cc1.CC(C)N(C)c1nc(/C=C/C(N)=O)cnc1-c1ccc(F)cc1.CN(c1ccccc1)c1nc(/C=C/C(=O)O)cnc1-c1ccc(F)cc1.O=C(O)/C=C/c1cnc(-c2ccc(F)cc2)c(N2CCCCC2)n1. The highest BCUT2D eigenvalue weighted by atomic mass is 32.2. The first-order valence-corrected chi connectivity index (χ1v) is 48.1. The summed E-state index contributed by atoms with van der Waals surface area (Å²) in [5, 5.41) is 36.1. The number of anilines is 7. The molecule has 1 saturated heterocycles. The lowest BCUT2D eigenvalue weighted by molar-refractivity contribution is -0.132. The number of rotatable bonds is 30. The van der Waals surface area contributed by atoms with Crippen molar-refractivity contribution in [2.45, 2.75) is 98.8 Å². The lowest BCUT2D eigenvalue weighted by atomic mass is 10.1. The second kappa shape index (κ2) is 53.5. The summed E-state index contributed by atoms with van der Waals surface area (Å²) >= 11 is 0. The van der Waals surface area contributed by atoms with Gasteiger partial charge in [0.1, 0.15) is 68.8 Å². The number of hydrogen-bond acceptors (Lipinski definition) is 27. The van der Waals surface area contributed by atoms with Crippen molar-refractivity contribution < 1.29 is 84.0 Å². The van der Waals surface area contributed by atoms with E-state index in [2.05, 4.69) is 64.7 Å². The summed E-state index contributed by atoms with van der Waals surface area (Å²) in [5.41, 5.74) is 17.0. The molecule has 33 nitrogen and oxygen atoms in total. The van der Waals surface area contributed by atoms with E-state index in [4.69, 9.17) is 30.6 Å². The van der Waals surface area contributed by atoms with Gasteiger partial charge >= 0.3 is 23.9 Å². The number of aromatic nitrogens is 12. The molecule has 0 aliphatic carbocycles. The van der Waals surface area contributed by atoms with Crippen LogP contribution in [0.25, 0.3) is 115 Å². The molecule has 7 N–H and O–H groups in total. The normalized spacial score (nSPS) is 11.9. The van der Waals surface area contributed by atoms with Crippen molar-refractivity contribution in [2.24, 2.45) is 5.73 Å². The standard InChI is InChI=1S/C20H16FN3O2.C19H19N3O3.C18H21FN4O3S.C18H18FN3O2.C17H19FN4O.C17H18FN3O2/c1-24(17-5-3-2-4-6-17)20-19(14-7-9-15(21)10-8-14)22-13-16(23-20)11-12-18(25)26;1-12(2)22(3)19-18(20-11-14(21-19)8-9-17(23)24)16-10-13-6-4-5-7-15(13)25-16;1-12(2)23(3)18-17(13-5-7-14(19)8-6-13)20-11-15(21-18)9-10-16(24)22-27(4,25)26;19-14-6-4-13(5-7-14)17-18(22-10-2-1-3-11-22)21-15(12-20-17)8-9-16(23)24;1-11(2)22(3)17-16(12-4-6-13(18)7-5-12)20-10-14(21-17)8-9-15(19)23;1-11(2)21(3)17-16(12-4-6-13(18)7-5-12)19-10-14(20-17)8-9-15(22)23/h2-13H,1H3,(H,25,26);4-12H,1-3H3,(H,23,24);5-12H,1-4H3,(H,22,24);4-9,12H,1-3,10-11H2,(H,23,24);4-11H,1-3H3,(H2,19,23);4-11H,1-3H3,(H,22,23)/b12-11+;9-8+;10-9+;3*9-8+. The molecule has 0 atom stereocenters. The van der Waals surface area contributed by atoms with Gasteiger partial charge in [0.25, 0.3) is 5.91 Å². The third-order valence-corrected chi connectivity index (χ3v) is 22.7. The molecule has 0 radical (unpaired) electrons. The van der Waals surface area contributed by atoms with Crippen LogP contribution < -0.4 is 39.9 Å². The Hall–Kier alpha value is -17.8. The van der Waals surface area contributed by atoms with Crippen LogP contribution in [0.1, 0.15) is 109 Å². The second-order valence-electron chi connectivity index (χ2n) is 34.2. The number of amides is 2. The van der Waals surface area contributed by atoms with Crippen LogP contribution >= 0.6 is 0 Å². The summed E-state index contributed by atoms with van der Waals surface area (Å²) in [6.07, 6.45) is 28.3. The Morgan fingerprint density at radius 3 is 0.980 bits per heavy atom. The minimum absolute atomic E-state index is 0.117. The number of carbonyl (C=O) groups is 6. The number of nitrogens with one attached hydrogen (secondary N) is 1. The summed E-state index contributed by atoms with van der Waals surface area (Å²) in [6.45, 7) is 17.9. The number of fused-ring (bicyclic) bond motifs is 1. The number of nitrogens with zero attached hydrogens (tertiary/aromatic N) is 18. The Morgan fingerprint density at radius 2 is 0.655 bits per heavy atom. The average Bonchev–Trinajstić information content (AvgIpc) is 1.60. The number of aliphatic carboxylic acids is 4. The highest BCUT2D eigenvalue weighted by Crippen LogP contribution is 2.38. The van der Waals surface area contributed by atoms with E-state index in [0.717, 1.165) is 95.9 Å². The maximum atomic E-state index is 13.3. The van der Waals surface area contributed by atoms with Gasteiger partial charge in [0.05, 0.1) is 77.6 Å². The molecule has 148 heavy (non-hydrogen) atoms. The van der Waals surface area contributed by atoms with E-state index in [-0.39, 0.29) is 53.3 Å². The molecule has 1 aliphatic rings. The molecule has 7 aromatic heterocycles. The number of halogens is 5. The minimum Gasteiger partial charge on any atom is -0.478 e. The van der Waals surface area contributed by atoms with Gasteiger partial charge in [0.15, 0.2) is 40.7 Å². The van der Waals surface area contributed by atoms with Crippen molar-refractivity contribution in [2.75, 3.05) is 84.0 Å². The number of para-hydroxylation sites is 2. The van der Waals surface area contributed by atoms with Gasteiger partial charge in [0, 0.05) is 148 Å².